The molecule has 0 bridgehead atoms. The molecule has 0 nitrogen and oxygen atoms in total. The Morgan fingerprint density at radius 2 is 1.14 bits per heavy atom. The van der Waals surface area contributed by atoms with Crippen LogP contribution in [0.2, 0.25) is 0 Å². The molecule has 216 valence electrons. The minimum absolute atomic E-state index is 0. The molecule has 0 N–H and O–H groups in total. The van der Waals surface area contributed by atoms with Crippen LogP contribution in [0.15, 0.2) is 59.8 Å². The molecule has 0 aromatic rings. The lowest BCUT2D eigenvalue weighted by Crippen LogP contribution is -2.12. The summed E-state index contributed by atoms with van der Waals surface area (Å²) < 4.78 is 0. The highest BCUT2D eigenvalue weighted by Gasteiger charge is 2.17. The van der Waals surface area contributed by atoms with E-state index in [2.05, 4.69) is 87.3 Å². The first kappa shape index (κ1) is 44.7. The molecule has 0 spiro atoms. The predicted octanol–water partition coefficient (Wildman–Crippen LogP) is 13.7. The molecule has 0 aromatic heterocycles. The third-order valence-corrected chi connectivity index (χ3v) is 6.44. The highest BCUT2D eigenvalue weighted by molar-refractivity contribution is 5.44. The summed E-state index contributed by atoms with van der Waals surface area (Å²) in [6.07, 6.45) is 16.9. The minimum Gasteiger partial charge on any atom is -0.100 e. The van der Waals surface area contributed by atoms with Crippen molar-refractivity contribution in [3.8, 4) is 0 Å². The van der Waals surface area contributed by atoms with Crippen molar-refractivity contribution in [1.82, 2.24) is 0 Å². The smallest absolute Gasteiger partial charge is 0.0287 e. The van der Waals surface area contributed by atoms with Crippen LogP contribution in [-0.2, 0) is 0 Å². The van der Waals surface area contributed by atoms with Crippen molar-refractivity contribution in [1.29, 1.82) is 0 Å². The second-order valence-corrected chi connectivity index (χ2v) is 9.92. The standard InChI is InChI=1S/C14H22.C10H20.C7H14.2C2H6.CH4/c1-10(2)8-9-12(5)14(7)13(6)11(3)4;1-3-9-5-7-10(4-2)8-6-9;1-4-5-6-7(2)3;2*1-2;/h8-10H,3,5H2,1-2,4,6-7H3;9-10H,3-8H2,1-2H3;2,4-6H2,1,3H3;2*1-2H3;1H4/b9-8+,14-13-;;;;;. The van der Waals surface area contributed by atoms with Gasteiger partial charge in [-0.15, -0.1) is 6.58 Å². The summed E-state index contributed by atoms with van der Waals surface area (Å²) in [5, 5.41) is 0. The molecule has 1 fully saturated rings. The van der Waals surface area contributed by atoms with Crippen LogP contribution in [-0.4, -0.2) is 0 Å². The third-order valence-electron chi connectivity index (χ3n) is 6.44. The summed E-state index contributed by atoms with van der Waals surface area (Å²) in [6, 6.07) is 0. The lowest BCUT2D eigenvalue weighted by atomic mass is 9.80. The number of hydrogen-bond acceptors (Lipinski definition) is 0. The fraction of sp³-hybridized carbons (Fsp3) is 0.722. The van der Waals surface area contributed by atoms with Gasteiger partial charge >= 0.3 is 0 Å². The highest BCUT2D eigenvalue weighted by Crippen LogP contribution is 2.31. The molecule has 0 saturated heterocycles. The zero-order valence-electron chi connectivity index (χ0n) is 26.9. The molecule has 36 heavy (non-hydrogen) atoms. The van der Waals surface area contributed by atoms with Gasteiger partial charge in [-0.3, -0.25) is 0 Å². The molecule has 1 aliphatic rings. The zero-order valence-corrected chi connectivity index (χ0v) is 26.9. The van der Waals surface area contributed by atoms with Crippen LogP contribution in [0.1, 0.15) is 155 Å². The Hall–Kier alpha value is -1.30. The topological polar surface area (TPSA) is 0 Å². The number of rotatable bonds is 9. The maximum Gasteiger partial charge on any atom is -0.0287 e. The Bertz CT molecular complexity index is 547. The van der Waals surface area contributed by atoms with Crippen LogP contribution in [0.25, 0.3) is 0 Å². The monoisotopic (exact) mass is 505 g/mol. The SMILES string of the molecule is C.C=C(C)/C(C)=C(/C)C(=C)/C=C/C(C)C.C=C(C)CCCC.CC.CC.CCC1CCC(CC)CC1. The van der Waals surface area contributed by atoms with Crippen LogP contribution in [0, 0.1) is 17.8 Å². The second kappa shape index (κ2) is 31.7. The maximum atomic E-state index is 4.04. The van der Waals surface area contributed by atoms with Crippen molar-refractivity contribution in [2.75, 3.05) is 0 Å². The molecule has 0 radical (unpaired) electrons. The van der Waals surface area contributed by atoms with Crippen molar-refractivity contribution in [3.63, 3.8) is 0 Å². The Morgan fingerprint density at radius 1 is 0.750 bits per heavy atom. The molecule has 1 saturated carbocycles. The lowest BCUT2D eigenvalue weighted by molar-refractivity contribution is 0.264. The van der Waals surface area contributed by atoms with E-state index < -0.39 is 0 Å². The number of allylic oxidation sites excluding steroid dienone is 7. The number of unbranched alkanes of at least 4 members (excludes halogenated alkanes) is 1. The van der Waals surface area contributed by atoms with E-state index in [0.29, 0.717) is 5.92 Å². The minimum atomic E-state index is 0. The van der Waals surface area contributed by atoms with Gasteiger partial charge < -0.3 is 0 Å². The van der Waals surface area contributed by atoms with Gasteiger partial charge in [-0.2, -0.15) is 0 Å². The molecule has 1 rings (SSSR count). The van der Waals surface area contributed by atoms with Gasteiger partial charge in [-0.25, -0.2) is 0 Å². The summed E-state index contributed by atoms with van der Waals surface area (Å²) in [5.41, 5.74) is 5.97. The predicted molar refractivity (Wildman–Crippen MR) is 176 cm³/mol. The van der Waals surface area contributed by atoms with Gasteiger partial charge in [0.2, 0.25) is 0 Å². The van der Waals surface area contributed by atoms with Crippen molar-refractivity contribution < 1.29 is 0 Å². The summed E-state index contributed by atoms with van der Waals surface area (Å²) in [5.74, 6) is 2.72. The van der Waals surface area contributed by atoms with Gasteiger partial charge in [-0.1, -0.05) is 151 Å². The Kier molecular flexibility index (Phi) is 39.4. The maximum absolute atomic E-state index is 4.04. The van der Waals surface area contributed by atoms with E-state index in [1.807, 2.05) is 34.6 Å². The van der Waals surface area contributed by atoms with Gasteiger partial charge in [0.15, 0.2) is 0 Å². The molecule has 0 amide bonds. The van der Waals surface area contributed by atoms with E-state index in [4.69, 9.17) is 0 Å². The third kappa shape index (κ3) is 28.9. The largest absolute Gasteiger partial charge is 0.100 e. The summed E-state index contributed by atoms with van der Waals surface area (Å²) >= 11 is 0. The van der Waals surface area contributed by atoms with E-state index in [-0.39, 0.29) is 7.43 Å². The van der Waals surface area contributed by atoms with Crippen LogP contribution < -0.4 is 0 Å². The molecular formula is C36H72. The lowest BCUT2D eigenvalue weighted by Gasteiger charge is -2.26. The van der Waals surface area contributed by atoms with Gasteiger partial charge in [0.05, 0.1) is 0 Å². The molecule has 1 aliphatic carbocycles. The highest BCUT2D eigenvalue weighted by atomic mass is 14.2. The Labute approximate surface area is 232 Å². The van der Waals surface area contributed by atoms with Crippen LogP contribution in [0.4, 0.5) is 0 Å². The average Bonchev–Trinajstić information content (AvgIpc) is 2.88. The van der Waals surface area contributed by atoms with E-state index in [9.17, 15) is 0 Å². The molecule has 0 heteroatoms. The molecule has 0 aromatic carbocycles. The first-order chi connectivity index (χ1) is 16.5. The van der Waals surface area contributed by atoms with Gasteiger partial charge in [-0.05, 0) is 75.0 Å². The normalized spacial score (nSPS) is 16.7. The fourth-order valence-corrected chi connectivity index (χ4v) is 3.52. The van der Waals surface area contributed by atoms with Gasteiger partial charge in [0.25, 0.3) is 0 Å². The van der Waals surface area contributed by atoms with E-state index >= 15 is 0 Å². The van der Waals surface area contributed by atoms with Crippen LogP contribution in [0.3, 0.4) is 0 Å². The first-order valence-corrected chi connectivity index (χ1v) is 14.8. The van der Waals surface area contributed by atoms with Crippen molar-refractivity contribution >= 4 is 0 Å². The van der Waals surface area contributed by atoms with Gasteiger partial charge in [0.1, 0.15) is 0 Å². The van der Waals surface area contributed by atoms with Gasteiger partial charge in [0, 0.05) is 0 Å². The summed E-state index contributed by atoms with van der Waals surface area (Å²) in [7, 11) is 0. The molecular weight excluding hydrogens is 432 g/mol. The fourth-order valence-electron chi connectivity index (χ4n) is 3.52. The first-order valence-electron chi connectivity index (χ1n) is 14.8. The zero-order chi connectivity index (χ0) is 28.4. The van der Waals surface area contributed by atoms with Crippen molar-refractivity contribution in [2.45, 2.75) is 155 Å². The van der Waals surface area contributed by atoms with Crippen LogP contribution in [0.5, 0.6) is 0 Å². The molecule has 0 aliphatic heterocycles. The Morgan fingerprint density at radius 3 is 1.36 bits per heavy atom. The molecule has 0 atom stereocenters. The molecule has 0 unspecified atom stereocenters. The number of hydrogen-bond donors (Lipinski definition) is 0. The van der Waals surface area contributed by atoms with E-state index in [0.717, 1.165) is 23.0 Å². The summed E-state index contributed by atoms with van der Waals surface area (Å²) in [6.45, 7) is 39.2. The van der Waals surface area contributed by atoms with E-state index in [1.54, 1.807) is 0 Å². The summed E-state index contributed by atoms with van der Waals surface area (Å²) in [4.78, 5) is 0. The second-order valence-electron chi connectivity index (χ2n) is 9.92. The Balaban J connectivity index is -0.000000128. The quantitative estimate of drug-likeness (QED) is 0.216. The van der Waals surface area contributed by atoms with Crippen molar-refractivity contribution in [2.24, 2.45) is 17.8 Å². The average molecular weight is 505 g/mol. The molecule has 0 heterocycles. The van der Waals surface area contributed by atoms with Crippen LogP contribution >= 0.6 is 0 Å². The van der Waals surface area contributed by atoms with Crippen molar-refractivity contribution in [3.05, 3.63) is 59.8 Å². The van der Waals surface area contributed by atoms with E-state index in [1.165, 1.54) is 74.5 Å².